The van der Waals surface area contributed by atoms with Crippen molar-refractivity contribution in [3.8, 4) is 0 Å². The molecular weight excluding hydrogens is 456 g/mol. The second-order valence-corrected chi connectivity index (χ2v) is 7.63. The Labute approximate surface area is 155 Å². The fraction of sp³-hybridized carbons (Fsp3) is 0.667. The van der Waals surface area contributed by atoms with Gasteiger partial charge in [0.25, 0.3) is 0 Å². The summed E-state index contributed by atoms with van der Waals surface area (Å²) in [6.45, 7) is 6.94. The largest absolute Gasteiger partial charge is 0.0924 e. The molecule has 0 saturated carbocycles. The van der Waals surface area contributed by atoms with E-state index in [4.69, 9.17) is 0 Å². The molecule has 1 aromatic carbocycles. The van der Waals surface area contributed by atoms with Gasteiger partial charge in [0.15, 0.2) is 0 Å². The van der Waals surface area contributed by atoms with Gasteiger partial charge in [-0.3, -0.25) is 0 Å². The highest BCUT2D eigenvalue weighted by atomic mass is 79.9. The number of hydrogen-bond donors (Lipinski definition) is 0. The van der Waals surface area contributed by atoms with Crippen molar-refractivity contribution in [1.82, 2.24) is 0 Å². The maximum absolute atomic E-state index is 3.66. The van der Waals surface area contributed by atoms with Gasteiger partial charge in [-0.25, -0.2) is 0 Å². The zero-order valence-corrected chi connectivity index (χ0v) is 18.3. The van der Waals surface area contributed by atoms with Gasteiger partial charge in [0.2, 0.25) is 0 Å². The molecule has 0 N–H and O–H groups in total. The van der Waals surface area contributed by atoms with Crippen LogP contribution in [0, 0.1) is 0 Å². The molecule has 0 saturated heterocycles. The van der Waals surface area contributed by atoms with Gasteiger partial charge in [0, 0.05) is 16.0 Å². The Kier molecular flexibility index (Phi) is 9.79. The topological polar surface area (TPSA) is 0 Å². The quantitative estimate of drug-likeness (QED) is 0.368. The van der Waals surface area contributed by atoms with Gasteiger partial charge in [-0.15, -0.1) is 0 Å². The Balaban J connectivity index is 3.67. The van der Waals surface area contributed by atoms with Gasteiger partial charge in [0.1, 0.15) is 0 Å². The number of hydrogen-bond acceptors (Lipinski definition) is 0. The number of alkyl halides is 3. The molecule has 0 radical (unpaired) electrons. The maximum Gasteiger partial charge on any atom is 0.00720 e. The van der Waals surface area contributed by atoms with Gasteiger partial charge in [0.05, 0.1) is 0 Å². The fourth-order valence-corrected chi connectivity index (χ4v) is 4.75. The molecule has 0 nitrogen and oxygen atoms in total. The van der Waals surface area contributed by atoms with Crippen molar-refractivity contribution < 1.29 is 0 Å². The van der Waals surface area contributed by atoms with E-state index in [9.17, 15) is 0 Å². The summed E-state index contributed by atoms with van der Waals surface area (Å²) in [5, 5.41) is 3.17. The van der Waals surface area contributed by atoms with E-state index in [1.807, 2.05) is 0 Å². The summed E-state index contributed by atoms with van der Waals surface area (Å²) in [6.07, 6.45) is 6.92. The van der Waals surface area contributed by atoms with Gasteiger partial charge < -0.3 is 0 Å². The molecule has 0 heterocycles. The Morgan fingerprint density at radius 1 is 0.476 bits per heavy atom. The summed E-state index contributed by atoms with van der Waals surface area (Å²) >= 11 is 11.0. The van der Waals surface area contributed by atoms with Crippen LogP contribution in [0.2, 0.25) is 0 Å². The zero-order valence-electron chi connectivity index (χ0n) is 13.5. The second-order valence-electron chi connectivity index (χ2n) is 5.25. The molecule has 1 aromatic rings. The molecule has 3 heteroatoms. The van der Waals surface area contributed by atoms with Gasteiger partial charge in [-0.1, -0.05) is 68.6 Å². The first kappa shape index (κ1) is 19.7. The van der Waals surface area contributed by atoms with E-state index in [2.05, 4.69) is 68.6 Å². The molecule has 0 bridgehead atoms. The summed E-state index contributed by atoms with van der Waals surface area (Å²) in [4.78, 5) is 0. The Morgan fingerprint density at radius 2 is 0.714 bits per heavy atom. The van der Waals surface area contributed by atoms with Crippen molar-refractivity contribution in [2.24, 2.45) is 0 Å². The third kappa shape index (κ3) is 4.57. The molecular formula is C18H27Br3. The lowest BCUT2D eigenvalue weighted by Gasteiger charge is -2.25. The first-order valence-corrected chi connectivity index (χ1v) is 11.4. The van der Waals surface area contributed by atoms with Crippen LogP contribution < -0.4 is 0 Å². The minimum atomic E-state index is 1.06. The van der Waals surface area contributed by atoms with Gasteiger partial charge in [-0.05, 0) is 71.9 Å². The second kappa shape index (κ2) is 10.4. The molecule has 1 rings (SSSR count). The molecule has 0 atom stereocenters. The lowest BCUT2D eigenvalue weighted by Crippen LogP contribution is -2.14. The Hall–Kier alpha value is 0.660. The third-order valence-corrected chi connectivity index (χ3v) is 5.47. The van der Waals surface area contributed by atoms with Crippen LogP contribution in [0.15, 0.2) is 0 Å². The van der Waals surface area contributed by atoms with Crippen LogP contribution in [-0.4, -0.2) is 16.0 Å². The summed E-state index contributed by atoms with van der Waals surface area (Å²) in [6, 6.07) is 0. The highest BCUT2D eigenvalue weighted by Crippen LogP contribution is 2.32. The predicted molar refractivity (Wildman–Crippen MR) is 107 cm³/mol. The predicted octanol–water partition coefficient (Wildman–Crippen LogP) is 6.19. The summed E-state index contributed by atoms with van der Waals surface area (Å²) < 4.78 is 0. The van der Waals surface area contributed by atoms with E-state index in [-0.39, 0.29) is 0 Å². The zero-order chi connectivity index (χ0) is 15.8. The normalized spacial score (nSPS) is 11.1. The minimum Gasteiger partial charge on any atom is -0.0924 e. The molecule has 0 spiro atoms. The molecule has 0 aliphatic heterocycles. The lowest BCUT2D eigenvalue weighted by atomic mass is 9.81. The van der Waals surface area contributed by atoms with E-state index in [1.165, 1.54) is 0 Å². The summed E-state index contributed by atoms with van der Waals surface area (Å²) in [5.41, 5.74) is 9.76. The summed E-state index contributed by atoms with van der Waals surface area (Å²) in [7, 11) is 0. The Bertz CT molecular complexity index is 365. The van der Waals surface area contributed by atoms with Gasteiger partial charge >= 0.3 is 0 Å². The van der Waals surface area contributed by atoms with Crippen LogP contribution in [-0.2, 0) is 38.5 Å². The lowest BCUT2D eigenvalue weighted by molar-refractivity contribution is 0.885. The molecule has 120 valence electrons. The standard InChI is InChI=1S/C18H27Br3/c1-4-13-16(7-10-19)14(5-2)18(9-12-21)15(6-3)17(13)8-11-20/h4-12H2,1-3H3. The van der Waals surface area contributed by atoms with Crippen molar-refractivity contribution in [2.75, 3.05) is 16.0 Å². The third-order valence-electron chi connectivity index (χ3n) is 4.28. The minimum absolute atomic E-state index is 1.06. The number of rotatable bonds is 9. The van der Waals surface area contributed by atoms with Crippen LogP contribution in [0.4, 0.5) is 0 Å². The fourth-order valence-electron chi connectivity index (χ4n) is 3.56. The van der Waals surface area contributed by atoms with E-state index in [1.54, 1.807) is 33.4 Å². The van der Waals surface area contributed by atoms with Crippen LogP contribution >= 0.6 is 47.8 Å². The first-order valence-electron chi connectivity index (χ1n) is 8.04. The molecule has 0 unspecified atom stereocenters. The van der Waals surface area contributed by atoms with E-state index in [0.29, 0.717) is 0 Å². The van der Waals surface area contributed by atoms with E-state index >= 15 is 0 Å². The summed E-state index contributed by atoms with van der Waals surface area (Å²) in [5.74, 6) is 0. The van der Waals surface area contributed by atoms with Crippen LogP contribution in [0.5, 0.6) is 0 Å². The molecule has 0 amide bonds. The van der Waals surface area contributed by atoms with E-state index in [0.717, 1.165) is 54.5 Å². The van der Waals surface area contributed by atoms with Crippen LogP contribution in [0.1, 0.15) is 54.2 Å². The Morgan fingerprint density at radius 3 is 0.857 bits per heavy atom. The number of halogens is 3. The van der Waals surface area contributed by atoms with Crippen molar-refractivity contribution in [3.63, 3.8) is 0 Å². The van der Waals surface area contributed by atoms with E-state index < -0.39 is 0 Å². The molecule has 21 heavy (non-hydrogen) atoms. The van der Waals surface area contributed by atoms with Crippen LogP contribution in [0.3, 0.4) is 0 Å². The molecule has 0 aliphatic rings. The average Bonchev–Trinajstić information content (AvgIpc) is 2.49. The maximum atomic E-state index is 3.66. The SMILES string of the molecule is CCc1c(CCBr)c(CC)c(CCBr)c(CC)c1CCBr. The average molecular weight is 483 g/mol. The monoisotopic (exact) mass is 480 g/mol. The molecule has 0 fully saturated rings. The molecule has 0 aromatic heterocycles. The first-order chi connectivity index (χ1) is 10.2. The van der Waals surface area contributed by atoms with Crippen LogP contribution in [0.25, 0.3) is 0 Å². The molecule has 0 aliphatic carbocycles. The van der Waals surface area contributed by atoms with Crippen molar-refractivity contribution in [1.29, 1.82) is 0 Å². The van der Waals surface area contributed by atoms with Crippen molar-refractivity contribution >= 4 is 47.8 Å². The van der Waals surface area contributed by atoms with Crippen molar-refractivity contribution in [3.05, 3.63) is 33.4 Å². The highest BCUT2D eigenvalue weighted by Gasteiger charge is 2.20. The van der Waals surface area contributed by atoms with Crippen molar-refractivity contribution in [2.45, 2.75) is 59.3 Å². The van der Waals surface area contributed by atoms with Gasteiger partial charge in [-0.2, -0.15) is 0 Å². The number of benzene rings is 1. The smallest absolute Gasteiger partial charge is 0.00720 e. The highest BCUT2D eigenvalue weighted by molar-refractivity contribution is 9.09.